The van der Waals surface area contributed by atoms with Gasteiger partial charge in [-0.25, -0.2) is 0 Å². The molecule has 0 radical (unpaired) electrons. The van der Waals surface area contributed by atoms with E-state index in [0.29, 0.717) is 5.02 Å². The molecule has 76 valence electrons. The van der Waals surface area contributed by atoms with Crippen LogP contribution in [0.25, 0.3) is 0 Å². The average molecular weight is 230 g/mol. The van der Waals surface area contributed by atoms with E-state index in [2.05, 4.69) is 18.0 Å². The second-order valence-electron chi connectivity index (χ2n) is 3.80. The lowest BCUT2D eigenvalue weighted by Crippen LogP contribution is -2.20. The monoisotopic (exact) mass is 229 g/mol. The van der Waals surface area contributed by atoms with Crippen molar-refractivity contribution < 1.29 is 0 Å². The molecule has 0 saturated heterocycles. The predicted octanol–water partition coefficient (Wildman–Crippen LogP) is 3.02. The zero-order valence-corrected chi connectivity index (χ0v) is 9.70. The van der Waals surface area contributed by atoms with Gasteiger partial charge in [-0.2, -0.15) is 0 Å². The van der Waals surface area contributed by atoms with Crippen LogP contribution in [-0.2, 0) is 12.8 Å². The topological polar surface area (TPSA) is 3.24 Å². The molecule has 0 bridgehead atoms. The third-order valence-electron chi connectivity index (χ3n) is 2.80. The van der Waals surface area contributed by atoms with Crippen LogP contribution in [-0.4, -0.2) is 25.0 Å². The minimum absolute atomic E-state index is 0.676. The van der Waals surface area contributed by atoms with Gasteiger partial charge in [-0.3, -0.25) is 0 Å². The molecule has 0 atom stereocenters. The lowest BCUT2D eigenvalue weighted by Gasteiger charge is -2.11. The lowest BCUT2D eigenvalue weighted by molar-refractivity contribution is 0.352. The van der Waals surface area contributed by atoms with Crippen LogP contribution in [0.5, 0.6) is 0 Å². The molecule has 2 rings (SSSR count). The van der Waals surface area contributed by atoms with Gasteiger partial charge in [0.15, 0.2) is 0 Å². The van der Waals surface area contributed by atoms with Gasteiger partial charge in [-0.05, 0) is 37.1 Å². The standard InChI is InChI=1S/C11H13Cl2N/c1-14-6-4-8-2-3-10(12)11(13)9(8)5-7-14/h2-3H,4-7H2,1H3. The molecule has 0 unspecified atom stereocenters. The molecule has 0 spiro atoms. The molecule has 1 aliphatic rings. The van der Waals surface area contributed by atoms with E-state index in [1.165, 1.54) is 11.1 Å². The van der Waals surface area contributed by atoms with Crippen LogP contribution in [0.2, 0.25) is 10.0 Å². The molecular formula is C11H13Cl2N. The highest BCUT2D eigenvalue weighted by Crippen LogP contribution is 2.30. The molecule has 1 nitrogen and oxygen atoms in total. The van der Waals surface area contributed by atoms with Crippen molar-refractivity contribution in [1.29, 1.82) is 0 Å². The third kappa shape index (κ3) is 1.90. The first-order chi connectivity index (χ1) is 6.68. The Morgan fingerprint density at radius 2 is 1.86 bits per heavy atom. The molecule has 0 saturated carbocycles. The van der Waals surface area contributed by atoms with E-state index in [1.54, 1.807) is 0 Å². The van der Waals surface area contributed by atoms with E-state index >= 15 is 0 Å². The van der Waals surface area contributed by atoms with Gasteiger partial charge in [0.2, 0.25) is 0 Å². The maximum Gasteiger partial charge on any atom is 0.0627 e. The SMILES string of the molecule is CN1CCc2ccc(Cl)c(Cl)c2CC1. The Kier molecular flexibility index (Phi) is 3.01. The molecule has 1 aliphatic heterocycles. The molecule has 0 aromatic heterocycles. The molecule has 0 N–H and O–H groups in total. The Morgan fingerprint density at radius 1 is 1.14 bits per heavy atom. The van der Waals surface area contributed by atoms with Crippen LogP contribution >= 0.6 is 23.2 Å². The third-order valence-corrected chi connectivity index (χ3v) is 3.64. The number of benzene rings is 1. The fraction of sp³-hybridized carbons (Fsp3) is 0.455. The Labute approximate surface area is 94.6 Å². The summed E-state index contributed by atoms with van der Waals surface area (Å²) in [5.41, 5.74) is 2.59. The fourth-order valence-electron chi connectivity index (χ4n) is 1.86. The Balaban J connectivity index is 2.41. The number of nitrogens with zero attached hydrogens (tertiary/aromatic N) is 1. The molecule has 0 aliphatic carbocycles. The lowest BCUT2D eigenvalue weighted by atomic mass is 10.0. The summed E-state index contributed by atoms with van der Waals surface area (Å²) in [6, 6.07) is 4.00. The van der Waals surface area contributed by atoms with Gasteiger partial charge in [0.05, 0.1) is 10.0 Å². The van der Waals surface area contributed by atoms with Crippen molar-refractivity contribution >= 4 is 23.2 Å². The molecule has 14 heavy (non-hydrogen) atoms. The van der Waals surface area contributed by atoms with Gasteiger partial charge in [0, 0.05) is 13.1 Å². The van der Waals surface area contributed by atoms with Gasteiger partial charge in [-0.1, -0.05) is 29.3 Å². The fourth-order valence-corrected chi connectivity index (χ4v) is 2.32. The van der Waals surface area contributed by atoms with Crippen LogP contribution in [0.1, 0.15) is 11.1 Å². The van der Waals surface area contributed by atoms with Crippen molar-refractivity contribution in [3.63, 3.8) is 0 Å². The highest BCUT2D eigenvalue weighted by Gasteiger charge is 2.15. The molecule has 1 heterocycles. The maximum atomic E-state index is 6.18. The van der Waals surface area contributed by atoms with E-state index in [-0.39, 0.29) is 0 Å². The Morgan fingerprint density at radius 3 is 2.64 bits per heavy atom. The highest BCUT2D eigenvalue weighted by molar-refractivity contribution is 6.42. The van der Waals surface area contributed by atoms with Crippen LogP contribution in [0.4, 0.5) is 0 Å². The first-order valence-corrected chi connectivity index (χ1v) is 5.58. The van der Waals surface area contributed by atoms with Gasteiger partial charge in [0.1, 0.15) is 0 Å². The van der Waals surface area contributed by atoms with Crippen molar-refractivity contribution in [2.24, 2.45) is 0 Å². The summed E-state index contributed by atoms with van der Waals surface area (Å²) in [6.45, 7) is 2.16. The van der Waals surface area contributed by atoms with Crippen LogP contribution in [0, 0.1) is 0 Å². The second-order valence-corrected chi connectivity index (χ2v) is 4.59. The minimum Gasteiger partial charge on any atom is -0.306 e. The van der Waals surface area contributed by atoms with Crippen molar-refractivity contribution in [2.75, 3.05) is 20.1 Å². The molecule has 0 fully saturated rings. The van der Waals surface area contributed by atoms with Crippen molar-refractivity contribution in [1.82, 2.24) is 4.90 Å². The Bertz CT molecular complexity index is 349. The summed E-state index contributed by atoms with van der Waals surface area (Å²) < 4.78 is 0. The summed E-state index contributed by atoms with van der Waals surface area (Å²) in [4.78, 5) is 2.32. The second kappa shape index (κ2) is 4.09. The number of fused-ring (bicyclic) bond motifs is 1. The average Bonchev–Trinajstić information content (AvgIpc) is 2.35. The zero-order chi connectivity index (χ0) is 10.1. The summed E-state index contributed by atoms with van der Waals surface area (Å²) in [5, 5.41) is 1.43. The molecule has 0 amide bonds. The number of halogens is 2. The first-order valence-electron chi connectivity index (χ1n) is 4.83. The summed E-state index contributed by atoms with van der Waals surface area (Å²) >= 11 is 12.2. The largest absolute Gasteiger partial charge is 0.306 e. The minimum atomic E-state index is 0.676. The smallest absolute Gasteiger partial charge is 0.0627 e. The first kappa shape index (κ1) is 10.3. The maximum absolute atomic E-state index is 6.18. The van der Waals surface area contributed by atoms with Crippen molar-refractivity contribution in [3.05, 3.63) is 33.3 Å². The van der Waals surface area contributed by atoms with E-state index in [1.807, 2.05) is 6.07 Å². The number of likely N-dealkylation sites (N-methyl/N-ethyl adjacent to an activating group) is 1. The Hall–Kier alpha value is -0.240. The quantitative estimate of drug-likeness (QED) is 0.662. The van der Waals surface area contributed by atoms with Crippen molar-refractivity contribution in [2.45, 2.75) is 12.8 Å². The predicted molar refractivity (Wildman–Crippen MR) is 61.4 cm³/mol. The number of hydrogen-bond acceptors (Lipinski definition) is 1. The van der Waals surface area contributed by atoms with Gasteiger partial charge in [-0.15, -0.1) is 0 Å². The molecule has 1 aromatic rings. The van der Waals surface area contributed by atoms with Crippen LogP contribution < -0.4 is 0 Å². The number of rotatable bonds is 0. The molecule has 1 aromatic carbocycles. The van der Waals surface area contributed by atoms with E-state index in [0.717, 1.165) is 31.0 Å². The number of hydrogen-bond donors (Lipinski definition) is 0. The summed E-state index contributed by atoms with van der Waals surface area (Å²) in [6.07, 6.45) is 2.08. The normalized spacial score (nSPS) is 17.6. The van der Waals surface area contributed by atoms with Gasteiger partial charge in [0.25, 0.3) is 0 Å². The van der Waals surface area contributed by atoms with E-state index in [9.17, 15) is 0 Å². The van der Waals surface area contributed by atoms with Gasteiger partial charge < -0.3 is 4.90 Å². The molecular weight excluding hydrogens is 217 g/mol. The van der Waals surface area contributed by atoms with Crippen LogP contribution in [0.15, 0.2) is 12.1 Å². The van der Waals surface area contributed by atoms with Gasteiger partial charge >= 0.3 is 0 Å². The van der Waals surface area contributed by atoms with Crippen LogP contribution in [0.3, 0.4) is 0 Å². The van der Waals surface area contributed by atoms with E-state index < -0.39 is 0 Å². The summed E-state index contributed by atoms with van der Waals surface area (Å²) in [7, 11) is 2.14. The van der Waals surface area contributed by atoms with Crippen molar-refractivity contribution in [3.8, 4) is 0 Å². The molecule has 3 heteroatoms. The highest BCUT2D eigenvalue weighted by atomic mass is 35.5. The van der Waals surface area contributed by atoms with E-state index in [4.69, 9.17) is 23.2 Å². The zero-order valence-electron chi connectivity index (χ0n) is 8.19. The summed E-state index contributed by atoms with van der Waals surface area (Å²) in [5.74, 6) is 0.